The number of nitrogens with zero attached hydrogens (tertiary/aromatic N) is 1. The van der Waals surface area contributed by atoms with E-state index < -0.39 is 4.92 Å². The van der Waals surface area contributed by atoms with Gasteiger partial charge in [0.15, 0.2) is 0 Å². The fourth-order valence-electron chi connectivity index (χ4n) is 1.62. The molecular formula is C12H15NO4. The summed E-state index contributed by atoms with van der Waals surface area (Å²) in [4.78, 5) is 20.6. The molecule has 0 spiro atoms. The zero-order chi connectivity index (χ0) is 12.7. The second-order valence-corrected chi connectivity index (χ2v) is 3.62. The van der Waals surface area contributed by atoms with E-state index in [0.29, 0.717) is 12.9 Å². The molecule has 0 aliphatic rings. The van der Waals surface area contributed by atoms with Crippen molar-refractivity contribution in [1.29, 1.82) is 0 Å². The maximum atomic E-state index is 10.5. The average Bonchev–Trinajstić information content (AvgIpc) is 2.29. The zero-order valence-corrected chi connectivity index (χ0v) is 9.67. The first-order chi connectivity index (χ1) is 8.17. The molecule has 0 bridgehead atoms. The van der Waals surface area contributed by atoms with Crippen LogP contribution in [-0.4, -0.2) is 24.4 Å². The third kappa shape index (κ3) is 4.22. The number of ether oxygens (including phenoxy) is 1. The van der Waals surface area contributed by atoms with Crippen molar-refractivity contribution in [1.82, 2.24) is 0 Å². The normalized spacial score (nSPS) is 11.8. The largest absolute Gasteiger partial charge is 0.494 e. The van der Waals surface area contributed by atoms with Crippen LogP contribution in [0.25, 0.3) is 0 Å². The molecule has 0 aliphatic heterocycles. The Labute approximate surface area is 99.5 Å². The third-order valence-corrected chi connectivity index (χ3v) is 2.41. The van der Waals surface area contributed by atoms with Gasteiger partial charge in [0.1, 0.15) is 12.0 Å². The Kier molecular flexibility index (Phi) is 5.13. The van der Waals surface area contributed by atoms with Gasteiger partial charge in [-0.25, -0.2) is 0 Å². The highest BCUT2D eigenvalue weighted by molar-refractivity contribution is 5.51. The smallest absolute Gasteiger partial charge is 0.211 e. The molecule has 5 nitrogen and oxygen atoms in total. The zero-order valence-electron chi connectivity index (χ0n) is 9.67. The molecule has 92 valence electrons. The second kappa shape index (κ2) is 6.62. The molecule has 1 rings (SSSR count). The van der Waals surface area contributed by atoms with Crippen LogP contribution in [0.4, 0.5) is 0 Å². The van der Waals surface area contributed by atoms with Crippen LogP contribution in [0.5, 0.6) is 5.75 Å². The maximum Gasteiger partial charge on any atom is 0.211 e. The minimum Gasteiger partial charge on any atom is -0.494 e. The second-order valence-electron chi connectivity index (χ2n) is 3.62. The summed E-state index contributed by atoms with van der Waals surface area (Å²) < 4.78 is 5.28. The van der Waals surface area contributed by atoms with Gasteiger partial charge in [-0.1, -0.05) is 12.1 Å². The fraction of sp³-hybridized carbons (Fsp3) is 0.417. The van der Waals surface area contributed by atoms with Crippen LogP contribution in [0.15, 0.2) is 24.3 Å². The maximum absolute atomic E-state index is 10.5. The van der Waals surface area contributed by atoms with E-state index in [1.807, 2.05) is 6.92 Å². The van der Waals surface area contributed by atoms with Crippen LogP contribution in [0, 0.1) is 10.1 Å². The molecule has 0 aliphatic carbocycles. The molecule has 5 heteroatoms. The molecule has 0 heterocycles. The SMILES string of the molecule is CCOc1ccc(C(CC=O)C[N+](=O)[O-])cc1. The predicted octanol–water partition coefficient (Wildman–Crippen LogP) is 2.03. The Balaban J connectivity index is 2.79. The fourth-order valence-corrected chi connectivity index (χ4v) is 1.62. The average molecular weight is 237 g/mol. The highest BCUT2D eigenvalue weighted by Gasteiger charge is 2.17. The first-order valence-electron chi connectivity index (χ1n) is 5.45. The topological polar surface area (TPSA) is 69.4 Å². The summed E-state index contributed by atoms with van der Waals surface area (Å²) in [5.74, 6) is 0.361. The number of carbonyl (C=O) groups excluding carboxylic acids is 1. The molecule has 1 unspecified atom stereocenters. The number of carbonyl (C=O) groups is 1. The van der Waals surface area contributed by atoms with Crippen molar-refractivity contribution in [2.45, 2.75) is 19.3 Å². The summed E-state index contributed by atoms with van der Waals surface area (Å²) in [6.45, 7) is 2.23. The lowest BCUT2D eigenvalue weighted by molar-refractivity contribution is -0.483. The number of rotatable bonds is 7. The third-order valence-electron chi connectivity index (χ3n) is 2.41. The minimum atomic E-state index is -0.398. The Morgan fingerprint density at radius 2 is 2.06 bits per heavy atom. The Hall–Kier alpha value is -1.91. The molecule has 17 heavy (non-hydrogen) atoms. The number of hydrogen-bond acceptors (Lipinski definition) is 4. The number of nitro groups is 1. The van der Waals surface area contributed by atoms with Gasteiger partial charge in [0.25, 0.3) is 0 Å². The quantitative estimate of drug-likeness (QED) is 0.413. The lowest BCUT2D eigenvalue weighted by atomic mass is 9.96. The van der Waals surface area contributed by atoms with Crippen LogP contribution in [0.1, 0.15) is 24.8 Å². The first-order valence-corrected chi connectivity index (χ1v) is 5.45. The van der Waals surface area contributed by atoms with E-state index in [2.05, 4.69) is 0 Å². The number of hydrogen-bond donors (Lipinski definition) is 0. The van der Waals surface area contributed by atoms with Gasteiger partial charge in [-0.15, -0.1) is 0 Å². The monoisotopic (exact) mass is 237 g/mol. The molecule has 1 aromatic rings. The van der Waals surface area contributed by atoms with Crippen LogP contribution in [0.2, 0.25) is 0 Å². The van der Waals surface area contributed by atoms with Crippen LogP contribution in [0.3, 0.4) is 0 Å². The van der Waals surface area contributed by atoms with E-state index in [4.69, 9.17) is 4.74 Å². The van der Waals surface area contributed by atoms with Gasteiger partial charge in [-0.2, -0.15) is 0 Å². The van der Waals surface area contributed by atoms with Gasteiger partial charge >= 0.3 is 0 Å². The number of benzene rings is 1. The van der Waals surface area contributed by atoms with E-state index in [0.717, 1.165) is 11.3 Å². The molecule has 0 N–H and O–H groups in total. The van der Waals surface area contributed by atoms with Gasteiger partial charge < -0.3 is 9.53 Å². The lowest BCUT2D eigenvalue weighted by Crippen LogP contribution is -2.13. The standard InChI is InChI=1S/C12H15NO4/c1-2-17-12-5-3-10(4-6-12)11(7-8-14)9-13(15)16/h3-6,8,11H,2,7,9H2,1H3. The molecule has 0 radical (unpaired) electrons. The van der Waals surface area contributed by atoms with Crippen molar-refractivity contribution in [3.05, 3.63) is 39.9 Å². The van der Waals surface area contributed by atoms with E-state index >= 15 is 0 Å². The van der Waals surface area contributed by atoms with Crippen molar-refractivity contribution >= 4 is 6.29 Å². The van der Waals surface area contributed by atoms with Crippen LogP contribution >= 0.6 is 0 Å². The molecule has 1 aromatic carbocycles. The Morgan fingerprint density at radius 3 is 2.53 bits per heavy atom. The summed E-state index contributed by atoms with van der Waals surface area (Å²) >= 11 is 0. The molecule has 0 amide bonds. The van der Waals surface area contributed by atoms with E-state index in [1.165, 1.54) is 0 Å². The van der Waals surface area contributed by atoms with Crippen molar-refractivity contribution < 1.29 is 14.5 Å². The van der Waals surface area contributed by atoms with Gasteiger partial charge in [-0.05, 0) is 24.6 Å². The van der Waals surface area contributed by atoms with Gasteiger partial charge in [-0.3, -0.25) is 10.1 Å². The molecule has 0 saturated carbocycles. The van der Waals surface area contributed by atoms with E-state index in [1.54, 1.807) is 24.3 Å². The minimum absolute atomic E-state index is 0.162. The Bertz CT molecular complexity index is 375. The van der Waals surface area contributed by atoms with Crippen LogP contribution < -0.4 is 4.74 Å². The molecule has 0 fully saturated rings. The summed E-state index contributed by atoms with van der Waals surface area (Å²) in [6, 6.07) is 7.05. The van der Waals surface area contributed by atoms with Crippen LogP contribution in [-0.2, 0) is 4.79 Å². The van der Waals surface area contributed by atoms with Gasteiger partial charge in [0, 0.05) is 11.3 Å². The van der Waals surface area contributed by atoms with Crippen molar-refractivity contribution in [2.75, 3.05) is 13.2 Å². The van der Waals surface area contributed by atoms with Crippen molar-refractivity contribution in [3.8, 4) is 5.75 Å². The first kappa shape index (κ1) is 13.2. The van der Waals surface area contributed by atoms with E-state index in [-0.39, 0.29) is 18.9 Å². The van der Waals surface area contributed by atoms with Gasteiger partial charge in [0.2, 0.25) is 6.54 Å². The predicted molar refractivity (Wildman–Crippen MR) is 62.9 cm³/mol. The Morgan fingerprint density at radius 1 is 1.41 bits per heavy atom. The highest BCUT2D eigenvalue weighted by Crippen LogP contribution is 2.22. The number of aldehydes is 1. The molecular weight excluding hydrogens is 222 g/mol. The molecule has 0 saturated heterocycles. The summed E-state index contributed by atoms with van der Waals surface area (Å²) in [6.07, 6.45) is 0.875. The van der Waals surface area contributed by atoms with E-state index in [9.17, 15) is 14.9 Å². The molecule has 1 atom stereocenters. The summed E-state index contributed by atoms with van der Waals surface area (Å²) in [5.41, 5.74) is 0.789. The van der Waals surface area contributed by atoms with Crippen molar-refractivity contribution in [3.63, 3.8) is 0 Å². The lowest BCUT2D eigenvalue weighted by Gasteiger charge is -2.10. The summed E-state index contributed by atoms with van der Waals surface area (Å²) in [5, 5.41) is 10.5. The highest BCUT2D eigenvalue weighted by atomic mass is 16.6. The van der Waals surface area contributed by atoms with Gasteiger partial charge in [0.05, 0.1) is 12.5 Å². The molecule has 0 aromatic heterocycles. The van der Waals surface area contributed by atoms with Crippen molar-refractivity contribution in [2.24, 2.45) is 0 Å². The summed E-state index contributed by atoms with van der Waals surface area (Å²) in [7, 11) is 0.